The quantitative estimate of drug-likeness (QED) is 0.874. The molecule has 0 amide bonds. The Labute approximate surface area is 125 Å². The van der Waals surface area contributed by atoms with E-state index < -0.39 is 12.0 Å². The van der Waals surface area contributed by atoms with Gasteiger partial charge in [-0.1, -0.05) is 24.3 Å². The van der Waals surface area contributed by atoms with Crippen LogP contribution in [0, 0.1) is 0 Å². The fourth-order valence-electron chi connectivity index (χ4n) is 1.82. The summed E-state index contributed by atoms with van der Waals surface area (Å²) in [7, 11) is 1.57. The van der Waals surface area contributed by atoms with Gasteiger partial charge in [-0.25, -0.2) is 4.79 Å². The average Bonchev–Trinajstić information content (AvgIpc) is 2.46. The zero-order chi connectivity index (χ0) is 14.5. The molecule has 20 heavy (non-hydrogen) atoms. The predicted molar refractivity (Wildman–Crippen MR) is 81.1 cm³/mol. The molecule has 0 fully saturated rings. The van der Waals surface area contributed by atoms with E-state index in [0.29, 0.717) is 11.3 Å². The summed E-state index contributed by atoms with van der Waals surface area (Å²) in [4.78, 5) is 11.5. The highest BCUT2D eigenvalue weighted by Crippen LogP contribution is 2.27. The van der Waals surface area contributed by atoms with Crippen LogP contribution in [-0.4, -0.2) is 18.2 Å². The minimum Gasteiger partial charge on any atom is -0.497 e. The Morgan fingerprint density at radius 3 is 2.40 bits per heavy atom. The lowest BCUT2D eigenvalue weighted by atomic mass is 10.1. The van der Waals surface area contributed by atoms with Gasteiger partial charge in [-0.15, -0.1) is 0 Å². The molecule has 0 saturated heterocycles. The van der Waals surface area contributed by atoms with Crippen molar-refractivity contribution in [2.45, 2.75) is 6.04 Å². The Bertz CT molecular complexity index is 598. The molecule has 0 aliphatic carbocycles. The van der Waals surface area contributed by atoms with Gasteiger partial charge in [-0.2, -0.15) is 0 Å². The Hall–Kier alpha value is -2.01. The topological polar surface area (TPSA) is 58.6 Å². The summed E-state index contributed by atoms with van der Waals surface area (Å²) in [5, 5.41) is 12.4. The zero-order valence-corrected chi connectivity index (χ0v) is 12.4. The van der Waals surface area contributed by atoms with E-state index in [1.54, 1.807) is 31.4 Å². The van der Waals surface area contributed by atoms with E-state index >= 15 is 0 Å². The number of ether oxygens (including phenoxy) is 1. The smallest absolute Gasteiger partial charge is 0.330 e. The summed E-state index contributed by atoms with van der Waals surface area (Å²) < 4.78 is 5.89. The van der Waals surface area contributed by atoms with Crippen molar-refractivity contribution in [3.8, 4) is 5.75 Å². The number of benzene rings is 2. The summed E-state index contributed by atoms with van der Waals surface area (Å²) in [6.45, 7) is 0. The Balaban J connectivity index is 2.27. The van der Waals surface area contributed by atoms with E-state index in [4.69, 9.17) is 4.74 Å². The lowest BCUT2D eigenvalue weighted by Gasteiger charge is -2.17. The monoisotopic (exact) mass is 335 g/mol. The number of carboxylic acids is 1. The zero-order valence-electron chi connectivity index (χ0n) is 10.8. The molecular formula is C15H14BrNO3. The van der Waals surface area contributed by atoms with Gasteiger partial charge in [0.2, 0.25) is 0 Å². The third kappa shape index (κ3) is 3.30. The van der Waals surface area contributed by atoms with E-state index in [1.807, 2.05) is 24.3 Å². The number of anilines is 1. The maximum Gasteiger partial charge on any atom is 0.330 e. The summed E-state index contributed by atoms with van der Waals surface area (Å²) in [6.07, 6.45) is 0. The maximum absolute atomic E-state index is 11.5. The van der Waals surface area contributed by atoms with Crippen molar-refractivity contribution in [1.29, 1.82) is 0 Å². The minimum atomic E-state index is -0.939. The number of hydrogen-bond donors (Lipinski definition) is 2. The van der Waals surface area contributed by atoms with Crippen LogP contribution in [0.1, 0.15) is 11.6 Å². The molecule has 2 rings (SSSR count). The molecule has 0 radical (unpaired) electrons. The highest BCUT2D eigenvalue weighted by atomic mass is 79.9. The lowest BCUT2D eigenvalue weighted by molar-refractivity contribution is -0.138. The van der Waals surface area contributed by atoms with Gasteiger partial charge in [0.1, 0.15) is 5.75 Å². The first-order valence-electron chi connectivity index (χ1n) is 5.99. The van der Waals surface area contributed by atoms with Crippen molar-refractivity contribution >= 4 is 27.6 Å². The number of nitrogens with one attached hydrogen (secondary N) is 1. The van der Waals surface area contributed by atoms with Crippen LogP contribution < -0.4 is 10.1 Å². The van der Waals surface area contributed by atoms with Gasteiger partial charge in [0.15, 0.2) is 6.04 Å². The SMILES string of the molecule is COc1ccc(C(Nc2ccccc2Br)C(=O)O)cc1. The summed E-state index contributed by atoms with van der Waals surface area (Å²) in [5.41, 5.74) is 1.39. The fraction of sp³-hybridized carbons (Fsp3) is 0.133. The molecule has 2 aromatic carbocycles. The third-order valence-corrected chi connectivity index (χ3v) is 3.56. The van der Waals surface area contributed by atoms with Crippen LogP contribution in [-0.2, 0) is 4.79 Å². The molecule has 5 heteroatoms. The van der Waals surface area contributed by atoms with Gasteiger partial charge < -0.3 is 15.2 Å². The van der Waals surface area contributed by atoms with Gasteiger partial charge in [-0.3, -0.25) is 0 Å². The number of aliphatic carboxylic acids is 1. The number of halogens is 1. The van der Waals surface area contributed by atoms with E-state index in [1.165, 1.54) is 0 Å². The molecule has 0 bridgehead atoms. The van der Waals surface area contributed by atoms with Gasteiger partial charge in [0, 0.05) is 10.2 Å². The Morgan fingerprint density at radius 1 is 1.20 bits per heavy atom. The van der Waals surface area contributed by atoms with Gasteiger partial charge >= 0.3 is 5.97 Å². The van der Waals surface area contributed by atoms with Crippen molar-refractivity contribution in [2.24, 2.45) is 0 Å². The number of methoxy groups -OCH3 is 1. The normalized spacial score (nSPS) is 11.7. The number of carbonyl (C=O) groups is 1. The van der Waals surface area contributed by atoms with Crippen LogP contribution in [0.15, 0.2) is 53.0 Å². The number of rotatable bonds is 5. The van der Waals surface area contributed by atoms with Crippen LogP contribution in [0.5, 0.6) is 5.75 Å². The molecule has 2 aromatic rings. The van der Waals surface area contributed by atoms with Crippen molar-refractivity contribution in [2.75, 3.05) is 12.4 Å². The standard InChI is InChI=1S/C15H14BrNO3/c1-20-11-8-6-10(7-9-11)14(15(18)19)17-13-5-3-2-4-12(13)16/h2-9,14,17H,1H3,(H,18,19). The van der Waals surface area contributed by atoms with Crippen LogP contribution in [0.4, 0.5) is 5.69 Å². The molecule has 0 aromatic heterocycles. The van der Waals surface area contributed by atoms with Crippen LogP contribution >= 0.6 is 15.9 Å². The Morgan fingerprint density at radius 2 is 1.85 bits per heavy atom. The van der Waals surface area contributed by atoms with Crippen LogP contribution in [0.3, 0.4) is 0 Å². The molecule has 2 N–H and O–H groups in total. The highest BCUT2D eigenvalue weighted by Gasteiger charge is 2.20. The first-order chi connectivity index (χ1) is 9.61. The number of carboxylic acid groups (broad SMARTS) is 1. The molecule has 1 atom stereocenters. The molecule has 4 nitrogen and oxygen atoms in total. The highest BCUT2D eigenvalue weighted by molar-refractivity contribution is 9.10. The number of para-hydroxylation sites is 1. The van der Waals surface area contributed by atoms with Crippen molar-refractivity contribution in [1.82, 2.24) is 0 Å². The van der Waals surface area contributed by atoms with E-state index in [-0.39, 0.29) is 0 Å². The van der Waals surface area contributed by atoms with Gasteiger partial charge in [0.25, 0.3) is 0 Å². The fourth-order valence-corrected chi connectivity index (χ4v) is 2.22. The summed E-state index contributed by atoms with van der Waals surface area (Å²) >= 11 is 3.39. The van der Waals surface area contributed by atoms with Crippen LogP contribution in [0.2, 0.25) is 0 Å². The summed E-state index contributed by atoms with van der Waals surface area (Å²) in [5.74, 6) is -0.246. The molecule has 0 spiro atoms. The molecule has 0 aliphatic rings. The first kappa shape index (κ1) is 14.4. The maximum atomic E-state index is 11.5. The predicted octanol–water partition coefficient (Wildman–Crippen LogP) is 3.70. The van der Waals surface area contributed by atoms with E-state index in [2.05, 4.69) is 21.2 Å². The van der Waals surface area contributed by atoms with E-state index in [9.17, 15) is 9.90 Å². The molecule has 104 valence electrons. The van der Waals surface area contributed by atoms with Crippen LogP contribution in [0.25, 0.3) is 0 Å². The largest absolute Gasteiger partial charge is 0.497 e. The minimum absolute atomic E-state index is 0.661. The second-order valence-corrected chi connectivity index (χ2v) is 5.02. The molecular weight excluding hydrogens is 322 g/mol. The lowest BCUT2D eigenvalue weighted by Crippen LogP contribution is -2.20. The molecule has 1 unspecified atom stereocenters. The van der Waals surface area contributed by atoms with Crippen molar-refractivity contribution in [3.63, 3.8) is 0 Å². The second-order valence-electron chi connectivity index (χ2n) is 4.17. The second kappa shape index (κ2) is 6.43. The average molecular weight is 336 g/mol. The third-order valence-electron chi connectivity index (χ3n) is 2.87. The molecule has 0 aliphatic heterocycles. The molecule has 0 heterocycles. The first-order valence-corrected chi connectivity index (χ1v) is 6.79. The van der Waals surface area contributed by atoms with E-state index in [0.717, 1.165) is 10.2 Å². The van der Waals surface area contributed by atoms with Crippen molar-refractivity contribution in [3.05, 3.63) is 58.6 Å². The summed E-state index contributed by atoms with van der Waals surface area (Å²) in [6, 6.07) is 13.5. The number of hydrogen-bond acceptors (Lipinski definition) is 3. The van der Waals surface area contributed by atoms with Gasteiger partial charge in [-0.05, 0) is 45.8 Å². The molecule has 0 saturated carbocycles. The van der Waals surface area contributed by atoms with Gasteiger partial charge in [0.05, 0.1) is 7.11 Å². The Kier molecular flexibility index (Phi) is 4.63. The van der Waals surface area contributed by atoms with Crippen molar-refractivity contribution < 1.29 is 14.6 Å².